The lowest BCUT2D eigenvalue weighted by Gasteiger charge is -2.21. The Morgan fingerprint density at radius 2 is 1.90 bits per heavy atom. The normalized spacial score (nSPS) is 16.1. The van der Waals surface area contributed by atoms with Crippen molar-refractivity contribution < 1.29 is 27.4 Å². The molecule has 0 bridgehead atoms. The van der Waals surface area contributed by atoms with Gasteiger partial charge in [-0.15, -0.1) is 0 Å². The number of benzene rings is 1. The van der Waals surface area contributed by atoms with Crippen molar-refractivity contribution in [3.8, 4) is 0 Å². The third-order valence-corrected chi connectivity index (χ3v) is 3.36. The average Bonchev–Trinajstić information content (AvgIpc) is 2.46. The molecule has 2 rings (SSSR count). The average molecular weight is 288 g/mol. The lowest BCUT2D eigenvalue weighted by atomic mass is 9.97. The molecule has 110 valence electrons. The third-order valence-electron chi connectivity index (χ3n) is 3.36. The zero-order valence-corrected chi connectivity index (χ0v) is 10.8. The van der Waals surface area contributed by atoms with Gasteiger partial charge in [0, 0.05) is 13.2 Å². The molecule has 0 unspecified atom stereocenters. The zero-order valence-electron chi connectivity index (χ0n) is 10.8. The maximum atomic E-state index is 13.4. The monoisotopic (exact) mass is 288 g/mol. The molecule has 0 saturated carbocycles. The molecule has 1 heterocycles. The highest BCUT2D eigenvalue weighted by Crippen LogP contribution is 2.19. The molecule has 1 saturated heterocycles. The smallest absolute Gasteiger partial charge is 0.341 e. The summed E-state index contributed by atoms with van der Waals surface area (Å²) in [5, 5.41) is 0. The van der Waals surface area contributed by atoms with Gasteiger partial charge in [-0.25, -0.2) is 18.0 Å². The lowest BCUT2D eigenvalue weighted by molar-refractivity contribution is 0.0367. The molecule has 1 aromatic carbocycles. The van der Waals surface area contributed by atoms with Gasteiger partial charge in [0.1, 0.15) is 0 Å². The van der Waals surface area contributed by atoms with Gasteiger partial charge in [-0.1, -0.05) is 0 Å². The second-order valence-electron chi connectivity index (χ2n) is 4.70. The number of rotatable bonds is 4. The molecule has 1 aliphatic rings. The van der Waals surface area contributed by atoms with Crippen molar-refractivity contribution in [2.24, 2.45) is 5.92 Å². The SMILES string of the molecule is O=C(OCCC1CCOCC1)c1ccc(F)c(F)c1F. The molecule has 0 amide bonds. The van der Waals surface area contributed by atoms with Crippen LogP contribution in [0.25, 0.3) is 0 Å². The summed E-state index contributed by atoms with van der Waals surface area (Å²) in [6, 6.07) is 1.58. The zero-order chi connectivity index (χ0) is 14.5. The Morgan fingerprint density at radius 1 is 1.20 bits per heavy atom. The van der Waals surface area contributed by atoms with Gasteiger partial charge in [-0.3, -0.25) is 0 Å². The minimum Gasteiger partial charge on any atom is -0.462 e. The van der Waals surface area contributed by atoms with Crippen LogP contribution in [-0.2, 0) is 9.47 Å². The number of hydrogen-bond donors (Lipinski definition) is 0. The second kappa shape index (κ2) is 6.74. The molecule has 0 N–H and O–H groups in total. The number of hydrogen-bond acceptors (Lipinski definition) is 3. The Hall–Kier alpha value is -1.56. The number of carbonyl (C=O) groups is 1. The van der Waals surface area contributed by atoms with Crippen LogP contribution in [0.4, 0.5) is 13.2 Å². The van der Waals surface area contributed by atoms with Crippen LogP contribution in [0.15, 0.2) is 12.1 Å². The molecule has 1 fully saturated rings. The van der Waals surface area contributed by atoms with Crippen LogP contribution in [0, 0.1) is 23.4 Å². The van der Waals surface area contributed by atoms with Gasteiger partial charge in [0.2, 0.25) is 0 Å². The van der Waals surface area contributed by atoms with Crippen LogP contribution in [0.2, 0.25) is 0 Å². The largest absolute Gasteiger partial charge is 0.462 e. The summed E-state index contributed by atoms with van der Waals surface area (Å²) in [6.45, 7) is 1.51. The van der Waals surface area contributed by atoms with E-state index < -0.39 is 29.0 Å². The Morgan fingerprint density at radius 3 is 2.60 bits per heavy atom. The summed E-state index contributed by atoms with van der Waals surface area (Å²) >= 11 is 0. The van der Waals surface area contributed by atoms with E-state index in [0.29, 0.717) is 31.6 Å². The highest BCUT2D eigenvalue weighted by atomic mass is 19.2. The van der Waals surface area contributed by atoms with Crippen molar-refractivity contribution in [2.45, 2.75) is 19.3 Å². The van der Waals surface area contributed by atoms with Crippen molar-refractivity contribution in [3.63, 3.8) is 0 Å². The van der Waals surface area contributed by atoms with E-state index in [1.807, 2.05) is 0 Å². The Bertz CT molecular complexity index is 485. The molecule has 0 aliphatic carbocycles. The fourth-order valence-corrected chi connectivity index (χ4v) is 2.11. The number of esters is 1. The first kappa shape index (κ1) is 14.8. The van der Waals surface area contributed by atoms with Crippen molar-refractivity contribution in [1.82, 2.24) is 0 Å². The Kier molecular flexibility index (Phi) is 5.00. The standard InChI is InChI=1S/C14H15F3O3/c15-11-2-1-10(12(16)13(11)17)14(18)20-8-5-9-3-6-19-7-4-9/h1-2,9H,3-8H2. The van der Waals surface area contributed by atoms with Crippen LogP contribution in [0.3, 0.4) is 0 Å². The van der Waals surface area contributed by atoms with E-state index >= 15 is 0 Å². The fourth-order valence-electron chi connectivity index (χ4n) is 2.11. The van der Waals surface area contributed by atoms with Gasteiger partial charge in [-0.05, 0) is 37.3 Å². The number of ether oxygens (including phenoxy) is 2. The summed E-state index contributed by atoms with van der Waals surface area (Å²) < 4.78 is 49.2. The van der Waals surface area contributed by atoms with Gasteiger partial charge < -0.3 is 9.47 Å². The third kappa shape index (κ3) is 3.50. The van der Waals surface area contributed by atoms with E-state index in [1.165, 1.54) is 0 Å². The minimum atomic E-state index is -1.66. The van der Waals surface area contributed by atoms with E-state index in [9.17, 15) is 18.0 Å². The molecule has 1 aromatic rings. The Labute approximate surface area is 114 Å². The van der Waals surface area contributed by atoms with E-state index in [4.69, 9.17) is 9.47 Å². The van der Waals surface area contributed by atoms with Gasteiger partial charge in [0.15, 0.2) is 17.5 Å². The molecule has 0 radical (unpaired) electrons. The van der Waals surface area contributed by atoms with E-state index in [0.717, 1.165) is 18.9 Å². The predicted molar refractivity (Wildman–Crippen MR) is 64.8 cm³/mol. The topological polar surface area (TPSA) is 35.5 Å². The van der Waals surface area contributed by atoms with Gasteiger partial charge in [0.05, 0.1) is 12.2 Å². The molecule has 20 heavy (non-hydrogen) atoms. The van der Waals surface area contributed by atoms with Crippen molar-refractivity contribution in [1.29, 1.82) is 0 Å². The van der Waals surface area contributed by atoms with E-state index in [2.05, 4.69) is 0 Å². The van der Waals surface area contributed by atoms with E-state index in [-0.39, 0.29) is 6.61 Å². The van der Waals surface area contributed by atoms with Crippen molar-refractivity contribution in [3.05, 3.63) is 35.1 Å². The first-order valence-electron chi connectivity index (χ1n) is 6.48. The van der Waals surface area contributed by atoms with Crippen LogP contribution in [0.1, 0.15) is 29.6 Å². The highest BCUT2D eigenvalue weighted by Gasteiger charge is 2.20. The highest BCUT2D eigenvalue weighted by molar-refractivity contribution is 5.89. The minimum absolute atomic E-state index is 0.127. The quantitative estimate of drug-likeness (QED) is 0.631. The maximum absolute atomic E-state index is 13.4. The molecule has 0 aromatic heterocycles. The first-order valence-corrected chi connectivity index (χ1v) is 6.48. The van der Waals surface area contributed by atoms with Crippen LogP contribution in [-0.4, -0.2) is 25.8 Å². The maximum Gasteiger partial charge on any atom is 0.341 e. The summed E-state index contributed by atoms with van der Waals surface area (Å²) in [6.07, 6.45) is 2.45. The van der Waals surface area contributed by atoms with Gasteiger partial charge in [-0.2, -0.15) is 0 Å². The molecule has 1 aliphatic heterocycles. The number of carbonyl (C=O) groups excluding carboxylic acids is 1. The van der Waals surface area contributed by atoms with Crippen LogP contribution < -0.4 is 0 Å². The lowest BCUT2D eigenvalue weighted by Crippen LogP contribution is -2.18. The van der Waals surface area contributed by atoms with Gasteiger partial charge >= 0.3 is 5.97 Å². The summed E-state index contributed by atoms with van der Waals surface area (Å²) in [5.41, 5.74) is -0.587. The van der Waals surface area contributed by atoms with Crippen molar-refractivity contribution in [2.75, 3.05) is 19.8 Å². The fraction of sp³-hybridized carbons (Fsp3) is 0.500. The Balaban J connectivity index is 1.87. The van der Waals surface area contributed by atoms with E-state index in [1.54, 1.807) is 0 Å². The first-order chi connectivity index (χ1) is 9.59. The molecule has 0 atom stereocenters. The summed E-state index contributed by atoms with van der Waals surface area (Å²) in [5.74, 6) is -5.08. The molecular weight excluding hydrogens is 273 g/mol. The predicted octanol–water partition coefficient (Wildman–Crippen LogP) is 3.08. The molecular formula is C14H15F3O3. The molecule has 6 heteroatoms. The van der Waals surface area contributed by atoms with Crippen molar-refractivity contribution >= 4 is 5.97 Å². The molecule has 3 nitrogen and oxygen atoms in total. The second-order valence-corrected chi connectivity index (χ2v) is 4.70. The molecule has 0 spiro atoms. The van der Waals surface area contributed by atoms with Crippen LogP contribution >= 0.6 is 0 Å². The number of halogens is 3. The summed E-state index contributed by atoms with van der Waals surface area (Å²) in [4.78, 5) is 11.6. The summed E-state index contributed by atoms with van der Waals surface area (Å²) in [7, 11) is 0. The van der Waals surface area contributed by atoms with Gasteiger partial charge in [0.25, 0.3) is 0 Å². The van der Waals surface area contributed by atoms with Crippen LogP contribution in [0.5, 0.6) is 0 Å².